The van der Waals surface area contributed by atoms with E-state index in [4.69, 9.17) is 22.1 Å². The van der Waals surface area contributed by atoms with Crippen molar-refractivity contribution >= 4 is 23.3 Å². The van der Waals surface area contributed by atoms with Gasteiger partial charge < -0.3 is 15.8 Å². The molecule has 0 spiro atoms. The lowest BCUT2D eigenvalue weighted by molar-refractivity contribution is 0.0649. The van der Waals surface area contributed by atoms with Crippen LogP contribution in [0, 0.1) is 5.92 Å². The first-order chi connectivity index (χ1) is 9.16. The number of amides is 1. The lowest BCUT2D eigenvalue weighted by Gasteiger charge is -2.22. The largest absolute Gasteiger partial charge is 0.381 e. The van der Waals surface area contributed by atoms with Gasteiger partial charge in [-0.25, -0.2) is 4.98 Å². The van der Waals surface area contributed by atoms with Gasteiger partial charge in [0.25, 0.3) is 5.91 Å². The van der Waals surface area contributed by atoms with Crippen LogP contribution in [0.4, 0.5) is 5.82 Å². The molecule has 0 bridgehead atoms. The lowest BCUT2D eigenvalue weighted by atomic mass is 9.97. The number of nitrogens with two attached hydrogens (primary N) is 1. The molecule has 0 radical (unpaired) electrons. The van der Waals surface area contributed by atoms with Crippen LogP contribution >= 0.6 is 11.6 Å². The van der Waals surface area contributed by atoms with Gasteiger partial charge in [-0.15, -0.1) is 0 Å². The number of hydrogen-bond acceptors (Lipinski definition) is 5. The van der Waals surface area contributed by atoms with E-state index in [1.807, 2.05) is 0 Å². The van der Waals surface area contributed by atoms with Gasteiger partial charge in [-0.1, -0.05) is 0 Å². The average Bonchev–Trinajstić information content (AvgIpc) is 2.39. The molecule has 3 N–H and O–H groups in total. The van der Waals surface area contributed by atoms with E-state index < -0.39 is 5.91 Å². The fourth-order valence-corrected chi connectivity index (χ4v) is 2.24. The Hall–Kier alpha value is -1.40. The fraction of sp³-hybridized carbons (Fsp3) is 0.583. The lowest BCUT2D eigenvalue weighted by Crippen LogP contribution is -2.20. The van der Waals surface area contributed by atoms with E-state index in [1.54, 1.807) is 0 Å². The van der Waals surface area contributed by atoms with Crippen LogP contribution in [0.1, 0.15) is 29.6 Å². The smallest absolute Gasteiger partial charge is 0.254 e. The Balaban J connectivity index is 1.91. The summed E-state index contributed by atoms with van der Waals surface area (Å²) in [7, 11) is 0. The molecular formula is C12H17ClN4O2. The number of rotatable bonds is 5. The van der Waals surface area contributed by atoms with Crippen molar-refractivity contribution < 1.29 is 9.53 Å². The van der Waals surface area contributed by atoms with Crippen LogP contribution in [0.25, 0.3) is 0 Å². The summed E-state index contributed by atoms with van der Waals surface area (Å²) in [6, 6.07) is 0. The Morgan fingerprint density at radius 2 is 2.26 bits per heavy atom. The van der Waals surface area contributed by atoms with Gasteiger partial charge in [0.15, 0.2) is 0 Å². The number of hydrogen-bond donors (Lipinski definition) is 2. The highest BCUT2D eigenvalue weighted by Crippen LogP contribution is 2.19. The molecule has 0 aromatic carbocycles. The van der Waals surface area contributed by atoms with Crippen LogP contribution in [0.5, 0.6) is 0 Å². The van der Waals surface area contributed by atoms with Gasteiger partial charge in [0, 0.05) is 26.0 Å². The molecule has 1 saturated heterocycles. The number of halogens is 1. The van der Waals surface area contributed by atoms with E-state index in [0.717, 1.165) is 39.0 Å². The third kappa shape index (κ3) is 4.04. The van der Waals surface area contributed by atoms with Crippen LogP contribution < -0.4 is 11.1 Å². The number of carbonyl (C=O) groups is 1. The van der Waals surface area contributed by atoms with Crippen molar-refractivity contribution in [2.45, 2.75) is 19.3 Å². The summed E-state index contributed by atoms with van der Waals surface area (Å²) in [6.07, 6.45) is 4.50. The quantitative estimate of drug-likeness (QED) is 0.799. The summed E-state index contributed by atoms with van der Waals surface area (Å²) in [4.78, 5) is 19.0. The molecule has 0 saturated carbocycles. The predicted octanol–water partition coefficient (Wildman–Crippen LogP) is 1.46. The number of aromatic nitrogens is 2. The maximum atomic E-state index is 11.2. The van der Waals surface area contributed by atoms with Crippen LogP contribution in [0.2, 0.25) is 5.28 Å². The zero-order valence-electron chi connectivity index (χ0n) is 10.6. The van der Waals surface area contributed by atoms with E-state index in [0.29, 0.717) is 11.7 Å². The minimum atomic E-state index is -0.565. The van der Waals surface area contributed by atoms with Crippen molar-refractivity contribution in [3.05, 3.63) is 17.0 Å². The van der Waals surface area contributed by atoms with Crippen molar-refractivity contribution in [3.8, 4) is 0 Å². The molecular weight excluding hydrogens is 268 g/mol. The van der Waals surface area contributed by atoms with Crippen LogP contribution in [-0.2, 0) is 4.74 Å². The molecule has 2 rings (SSSR count). The summed E-state index contributed by atoms with van der Waals surface area (Å²) in [5.74, 6) is 0.486. The second-order valence-electron chi connectivity index (χ2n) is 4.54. The Morgan fingerprint density at radius 1 is 1.53 bits per heavy atom. The van der Waals surface area contributed by atoms with E-state index >= 15 is 0 Å². The van der Waals surface area contributed by atoms with Gasteiger partial charge in [-0.3, -0.25) is 4.79 Å². The number of carbonyl (C=O) groups excluding carboxylic acids is 1. The highest BCUT2D eigenvalue weighted by atomic mass is 35.5. The number of anilines is 1. The van der Waals surface area contributed by atoms with Crippen LogP contribution in [-0.4, -0.2) is 35.6 Å². The van der Waals surface area contributed by atoms with Gasteiger partial charge in [0.1, 0.15) is 5.82 Å². The Labute approximate surface area is 116 Å². The molecule has 6 nitrogen and oxygen atoms in total. The number of nitrogens with one attached hydrogen (secondary N) is 1. The van der Waals surface area contributed by atoms with Gasteiger partial charge in [-0.05, 0) is 36.8 Å². The van der Waals surface area contributed by atoms with Crippen molar-refractivity contribution in [2.75, 3.05) is 25.1 Å². The molecule has 1 fully saturated rings. The van der Waals surface area contributed by atoms with Gasteiger partial charge in [-0.2, -0.15) is 4.98 Å². The summed E-state index contributed by atoms with van der Waals surface area (Å²) in [5, 5.41) is 3.20. The van der Waals surface area contributed by atoms with Gasteiger partial charge >= 0.3 is 0 Å². The van der Waals surface area contributed by atoms with Crippen molar-refractivity contribution in [1.29, 1.82) is 0 Å². The first-order valence-corrected chi connectivity index (χ1v) is 6.68. The summed E-state index contributed by atoms with van der Waals surface area (Å²) in [5.41, 5.74) is 5.52. The zero-order chi connectivity index (χ0) is 13.7. The van der Waals surface area contributed by atoms with Crippen molar-refractivity contribution in [2.24, 2.45) is 11.7 Å². The second kappa shape index (κ2) is 6.68. The highest BCUT2D eigenvalue weighted by molar-refractivity contribution is 6.28. The molecule has 1 aromatic rings. The topological polar surface area (TPSA) is 90.1 Å². The predicted molar refractivity (Wildman–Crippen MR) is 72.2 cm³/mol. The first-order valence-electron chi connectivity index (χ1n) is 6.31. The Kier molecular flexibility index (Phi) is 4.93. The van der Waals surface area contributed by atoms with Gasteiger partial charge in [0.2, 0.25) is 5.28 Å². The molecule has 7 heteroatoms. The first kappa shape index (κ1) is 14.0. The molecule has 1 aromatic heterocycles. The maximum Gasteiger partial charge on any atom is 0.254 e. The van der Waals surface area contributed by atoms with E-state index in [2.05, 4.69) is 15.3 Å². The van der Waals surface area contributed by atoms with Crippen molar-refractivity contribution in [1.82, 2.24) is 9.97 Å². The third-order valence-electron chi connectivity index (χ3n) is 3.21. The molecule has 0 unspecified atom stereocenters. The highest BCUT2D eigenvalue weighted by Gasteiger charge is 2.15. The van der Waals surface area contributed by atoms with E-state index in [-0.39, 0.29) is 10.8 Å². The van der Waals surface area contributed by atoms with E-state index in [9.17, 15) is 4.79 Å². The van der Waals surface area contributed by atoms with Gasteiger partial charge in [0.05, 0.1) is 5.56 Å². The van der Waals surface area contributed by atoms with E-state index in [1.165, 1.54) is 6.20 Å². The third-order valence-corrected chi connectivity index (χ3v) is 3.39. The van der Waals surface area contributed by atoms with Crippen molar-refractivity contribution in [3.63, 3.8) is 0 Å². The Bertz CT molecular complexity index is 449. The van der Waals surface area contributed by atoms with Crippen LogP contribution in [0.3, 0.4) is 0 Å². The molecule has 1 aliphatic heterocycles. The number of ether oxygens (including phenoxy) is 1. The molecule has 2 heterocycles. The SMILES string of the molecule is NC(=O)c1cnc(Cl)nc1NCCC1CCOCC1. The summed E-state index contributed by atoms with van der Waals surface area (Å²) < 4.78 is 5.31. The molecule has 1 amide bonds. The minimum absolute atomic E-state index is 0.0959. The summed E-state index contributed by atoms with van der Waals surface area (Å²) >= 11 is 5.72. The number of nitrogens with zero attached hydrogens (tertiary/aromatic N) is 2. The Morgan fingerprint density at radius 3 is 2.95 bits per heavy atom. The molecule has 0 aliphatic carbocycles. The molecule has 1 aliphatic rings. The minimum Gasteiger partial charge on any atom is -0.381 e. The standard InChI is InChI=1S/C12H17ClN4O2/c13-12-16-7-9(10(14)18)11(17-12)15-4-1-8-2-5-19-6-3-8/h7-8H,1-6H2,(H2,14,18)(H,15,16,17). The number of primary amides is 1. The average molecular weight is 285 g/mol. The zero-order valence-corrected chi connectivity index (χ0v) is 11.3. The van der Waals surface area contributed by atoms with Crippen LogP contribution in [0.15, 0.2) is 6.20 Å². The maximum absolute atomic E-state index is 11.2. The second-order valence-corrected chi connectivity index (χ2v) is 4.87. The molecule has 0 atom stereocenters. The molecule has 19 heavy (non-hydrogen) atoms. The molecule has 104 valence electrons. The summed E-state index contributed by atoms with van der Waals surface area (Å²) in [6.45, 7) is 2.38. The monoisotopic (exact) mass is 284 g/mol. The normalized spacial score (nSPS) is 16.3. The fourth-order valence-electron chi connectivity index (χ4n) is 2.11.